The van der Waals surface area contributed by atoms with Gasteiger partial charge in [-0.15, -0.1) is 0 Å². The monoisotopic (exact) mass is 306 g/mol. The van der Waals surface area contributed by atoms with Gasteiger partial charge in [-0.1, -0.05) is 23.7 Å². The van der Waals surface area contributed by atoms with E-state index >= 15 is 0 Å². The molecular formula is C15H15ClN2O3. The normalized spacial score (nSPS) is 10.3. The molecule has 0 aliphatic rings. The number of hydrogen-bond donors (Lipinski definition) is 1. The van der Waals surface area contributed by atoms with Crippen molar-refractivity contribution < 1.29 is 9.66 Å². The highest BCUT2D eigenvalue weighted by Crippen LogP contribution is 2.28. The number of benzene rings is 2. The number of rotatable bonds is 6. The summed E-state index contributed by atoms with van der Waals surface area (Å²) in [6, 6.07) is 12.1. The average Bonchev–Trinajstić information content (AvgIpc) is 2.43. The molecule has 0 aromatic heterocycles. The molecule has 0 aliphatic heterocycles. The van der Waals surface area contributed by atoms with Crippen LogP contribution in [0.4, 0.5) is 11.4 Å². The van der Waals surface area contributed by atoms with Crippen LogP contribution in [0.25, 0.3) is 0 Å². The summed E-state index contributed by atoms with van der Waals surface area (Å²) in [5.41, 5.74) is 7.49. The Labute approximate surface area is 127 Å². The van der Waals surface area contributed by atoms with Gasteiger partial charge in [-0.2, -0.15) is 0 Å². The number of nitrogens with zero attached hydrogens (tertiary/aromatic N) is 1. The van der Waals surface area contributed by atoms with Crippen LogP contribution in [0, 0.1) is 10.1 Å². The van der Waals surface area contributed by atoms with Crippen LogP contribution in [0.1, 0.15) is 12.0 Å². The molecule has 0 saturated carbocycles. The first kappa shape index (κ1) is 15.1. The molecule has 2 aromatic rings. The van der Waals surface area contributed by atoms with Crippen molar-refractivity contribution in [1.82, 2.24) is 0 Å². The van der Waals surface area contributed by atoms with E-state index in [9.17, 15) is 10.1 Å². The number of anilines is 1. The van der Waals surface area contributed by atoms with Crippen molar-refractivity contribution in [3.8, 4) is 5.75 Å². The third kappa shape index (κ3) is 4.36. The second-order valence-electron chi connectivity index (χ2n) is 4.57. The van der Waals surface area contributed by atoms with Crippen molar-refractivity contribution in [3.05, 3.63) is 63.2 Å². The number of nitrogens with two attached hydrogens (primary N) is 1. The third-order valence-electron chi connectivity index (χ3n) is 2.95. The molecule has 0 bridgehead atoms. The van der Waals surface area contributed by atoms with Gasteiger partial charge < -0.3 is 10.5 Å². The molecule has 2 N–H and O–H groups in total. The lowest BCUT2D eigenvalue weighted by Crippen LogP contribution is -2.00. The van der Waals surface area contributed by atoms with Crippen LogP contribution < -0.4 is 10.5 Å². The van der Waals surface area contributed by atoms with Crippen LogP contribution in [0.15, 0.2) is 42.5 Å². The van der Waals surface area contributed by atoms with Crippen molar-refractivity contribution >= 4 is 23.0 Å². The summed E-state index contributed by atoms with van der Waals surface area (Å²) in [6.07, 6.45) is 1.67. The summed E-state index contributed by atoms with van der Waals surface area (Å²) in [7, 11) is 0. The van der Waals surface area contributed by atoms with E-state index in [2.05, 4.69) is 0 Å². The van der Waals surface area contributed by atoms with Crippen LogP contribution in [-0.2, 0) is 6.42 Å². The van der Waals surface area contributed by atoms with E-state index in [-0.39, 0.29) is 10.7 Å². The summed E-state index contributed by atoms with van der Waals surface area (Å²) in [4.78, 5) is 10.1. The van der Waals surface area contributed by atoms with Crippen molar-refractivity contribution in [3.63, 3.8) is 0 Å². The zero-order valence-electron chi connectivity index (χ0n) is 11.3. The summed E-state index contributed by atoms with van der Waals surface area (Å²) in [6.45, 7) is 0.503. The Kier molecular flexibility index (Phi) is 5.00. The Bertz CT molecular complexity index is 647. The largest absolute Gasteiger partial charge is 0.494 e. The van der Waals surface area contributed by atoms with Gasteiger partial charge in [-0.05, 0) is 36.6 Å². The second kappa shape index (κ2) is 6.95. The van der Waals surface area contributed by atoms with E-state index in [0.717, 1.165) is 24.1 Å². The van der Waals surface area contributed by atoms with Gasteiger partial charge in [-0.25, -0.2) is 0 Å². The van der Waals surface area contributed by atoms with Gasteiger partial charge in [0.2, 0.25) is 0 Å². The predicted octanol–water partition coefficient (Wildman–Crippen LogP) is 3.84. The highest BCUT2D eigenvalue weighted by Gasteiger charge is 2.12. The molecule has 2 aromatic carbocycles. The molecule has 2 rings (SSSR count). The SMILES string of the molecule is Nc1cccc(CCCOc2ccc([N+](=O)[O-])c(Cl)c2)c1. The second-order valence-corrected chi connectivity index (χ2v) is 4.97. The highest BCUT2D eigenvalue weighted by atomic mass is 35.5. The van der Waals surface area contributed by atoms with E-state index in [0.29, 0.717) is 12.4 Å². The zero-order chi connectivity index (χ0) is 15.2. The fourth-order valence-electron chi connectivity index (χ4n) is 1.94. The number of ether oxygens (including phenoxy) is 1. The summed E-state index contributed by atoms with van der Waals surface area (Å²) >= 11 is 5.81. The predicted molar refractivity (Wildman–Crippen MR) is 82.8 cm³/mol. The van der Waals surface area contributed by atoms with Crippen LogP contribution in [0.5, 0.6) is 5.75 Å². The number of aryl methyl sites for hydroxylation is 1. The minimum Gasteiger partial charge on any atom is -0.494 e. The molecule has 0 unspecified atom stereocenters. The Morgan fingerprint density at radius 3 is 2.71 bits per heavy atom. The third-order valence-corrected chi connectivity index (χ3v) is 3.25. The fourth-order valence-corrected chi connectivity index (χ4v) is 2.18. The molecule has 0 amide bonds. The van der Waals surface area contributed by atoms with Crippen molar-refractivity contribution in [2.75, 3.05) is 12.3 Å². The van der Waals surface area contributed by atoms with Gasteiger partial charge in [0, 0.05) is 17.8 Å². The van der Waals surface area contributed by atoms with E-state index in [1.807, 2.05) is 24.3 Å². The Morgan fingerprint density at radius 2 is 2.05 bits per heavy atom. The lowest BCUT2D eigenvalue weighted by Gasteiger charge is -2.07. The van der Waals surface area contributed by atoms with Gasteiger partial charge in [0.25, 0.3) is 5.69 Å². The molecule has 0 radical (unpaired) electrons. The number of nitro benzene ring substituents is 1. The van der Waals surface area contributed by atoms with Gasteiger partial charge in [0.1, 0.15) is 10.8 Å². The van der Waals surface area contributed by atoms with Crippen molar-refractivity contribution in [2.24, 2.45) is 0 Å². The maximum Gasteiger partial charge on any atom is 0.288 e. The molecule has 0 fully saturated rings. The molecule has 0 aliphatic carbocycles. The molecule has 0 saturated heterocycles. The highest BCUT2D eigenvalue weighted by molar-refractivity contribution is 6.32. The smallest absolute Gasteiger partial charge is 0.288 e. The van der Waals surface area contributed by atoms with E-state index in [4.69, 9.17) is 22.1 Å². The van der Waals surface area contributed by atoms with Crippen LogP contribution in [0.3, 0.4) is 0 Å². The first-order valence-electron chi connectivity index (χ1n) is 6.47. The van der Waals surface area contributed by atoms with E-state index in [1.165, 1.54) is 12.1 Å². The van der Waals surface area contributed by atoms with E-state index < -0.39 is 4.92 Å². The van der Waals surface area contributed by atoms with Crippen LogP contribution in [0.2, 0.25) is 5.02 Å². The Balaban J connectivity index is 1.84. The van der Waals surface area contributed by atoms with Gasteiger partial charge >= 0.3 is 0 Å². The Morgan fingerprint density at radius 1 is 1.24 bits per heavy atom. The number of hydrogen-bond acceptors (Lipinski definition) is 4. The molecule has 0 atom stereocenters. The maximum atomic E-state index is 10.6. The molecule has 5 nitrogen and oxygen atoms in total. The lowest BCUT2D eigenvalue weighted by molar-refractivity contribution is -0.384. The van der Waals surface area contributed by atoms with Crippen molar-refractivity contribution in [1.29, 1.82) is 0 Å². The first-order valence-corrected chi connectivity index (χ1v) is 6.85. The Hall–Kier alpha value is -2.27. The molecule has 0 spiro atoms. The fraction of sp³-hybridized carbons (Fsp3) is 0.200. The maximum absolute atomic E-state index is 10.6. The van der Waals surface area contributed by atoms with Gasteiger partial charge in [-0.3, -0.25) is 10.1 Å². The van der Waals surface area contributed by atoms with Gasteiger partial charge in [0.15, 0.2) is 0 Å². The number of nitrogen functional groups attached to an aromatic ring is 1. The van der Waals surface area contributed by atoms with Crippen LogP contribution >= 0.6 is 11.6 Å². The van der Waals surface area contributed by atoms with Gasteiger partial charge in [0.05, 0.1) is 11.5 Å². The van der Waals surface area contributed by atoms with Crippen LogP contribution in [-0.4, -0.2) is 11.5 Å². The minimum absolute atomic E-state index is 0.0772. The summed E-state index contributed by atoms with van der Waals surface area (Å²) in [5, 5.41) is 10.7. The summed E-state index contributed by atoms with van der Waals surface area (Å²) in [5.74, 6) is 0.526. The van der Waals surface area contributed by atoms with Crippen molar-refractivity contribution in [2.45, 2.75) is 12.8 Å². The topological polar surface area (TPSA) is 78.4 Å². The summed E-state index contributed by atoms with van der Waals surface area (Å²) < 4.78 is 5.54. The number of halogens is 1. The lowest BCUT2D eigenvalue weighted by atomic mass is 10.1. The standard InChI is InChI=1S/C15H15ClN2O3/c16-14-10-13(6-7-15(14)18(19)20)21-8-2-4-11-3-1-5-12(17)9-11/h1,3,5-7,9-10H,2,4,8,17H2. The molecule has 21 heavy (non-hydrogen) atoms. The number of nitro groups is 1. The first-order chi connectivity index (χ1) is 10.1. The molecule has 110 valence electrons. The zero-order valence-corrected chi connectivity index (χ0v) is 12.0. The molecule has 0 heterocycles. The molecule has 6 heteroatoms. The quantitative estimate of drug-likeness (QED) is 0.380. The minimum atomic E-state index is -0.522. The molecular weight excluding hydrogens is 292 g/mol. The van der Waals surface area contributed by atoms with E-state index in [1.54, 1.807) is 6.07 Å². The average molecular weight is 307 g/mol.